The molecule has 98 valence electrons. The molecule has 0 aliphatic rings. The highest BCUT2D eigenvalue weighted by molar-refractivity contribution is 5.47. The van der Waals surface area contributed by atoms with Gasteiger partial charge >= 0.3 is 0 Å². The fourth-order valence-corrected chi connectivity index (χ4v) is 1.82. The van der Waals surface area contributed by atoms with Crippen molar-refractivity contribution in [3.8, 4) is 17.9 Å². The molecule has 0 amide bonds. The van der Waals surface area contributed by atoms with Crippen LogP contribution in [-0.4, -0.2) is 6.54 Å². The zero-order valence-electron chi connectivity index (χ0n) is 11.5. The van der Waals surface area contributed by atoms with E-state index in [1.54, 1.807) is 12.1 Å². The first-order chi connectivity index (χ1) is 9.78. The van der Waals surface area contributed by atoms with Crippen molar-refractivity contribution in [1.82, 2.24) is 0 Å². The molecule has 0 radical (unpaired) electrons. The molecule has 1 N–H and O–H groups in total. The number of hydrogen-bond acceptors (Lipinski definition) is 2. The molecule has 0 atom stereocenters. The van der Waals surface area contributed by atoms with Crippen LogP contribution < -0.4 is 5.32 Å². The predicted molar refractivity (Wildman–Crippen MR) is 82.3 cm³/mol. The Morgan fingerprint density at radius 2 is 1.85 bits per heavy atom. The topological polar surface area (TPSA) is 35.8 Å². The summed E-state index contributed by atoms with van der Waals surface area (Å²) in [7, 11) is 0. The summed E-state index contributed by atoms with van der Waals surface area (Å²) in [5.41, 5.74) is 3.98. The average Bonchev–Trinajstić information content (AvgIpc) is 2.48. The minimum Gasteiger partial charge on any atom is -0.384 e. The Kier molecular flexibility index (Phi) is 4.81. The van der Waals surface area contributed by atoms with Gasteiger partial charge in [-0.3, -0.25) is 0 Å². The van der Waals surface area contributed by atoms with Crippen LogP contribution >= 0.6 is 0 Å². The predicted octanol–water partition coefficient (Wildman–Crippen LogP) is 3.72. The van der Waals surface area contributed by atoms with E-state index < -0.39 is 0 Å². The average molecular weight is 260 g/mol. The first-order valence-electron chi connectivity index (χ1n) is 6.57. The Hall–Kier alpha value is -2.71. The van der Waals surface area contributed by atoms with Crippen molar-refractivity contribution in [3.05, 3.63) is 65.2 Å². The lowest BCUT2D eigenvalue weighted by atomic mass is 10.1. The number of nitrogens with zero attached hydrogens (tertiary/aromatic N) is 1. The third kappa shape index (κ3) is 4.19. The first kappa shape index (κ1) is 13.7. The number of nitrogens with one attached hydrogen (secondary N) is 1. The van der Waals surface area contributed by atoms with E-state index in [9.17, 15) is 0 Å². The van der Waals surface area contributed by atoms with Gasteiger partial charge in [0.1, 0.15) is 0 Å². The molecule has 0 unspecified atom stereocenters. The van der Waals surface area contributed by atoms with Crippen LogP contribution in [-0.2, 0) is 0 Å². The molecule has 2 aromatic carbocycles. The van der Waals surface area contributed by atoms with Crippen LogP contribution in [0.5, 0.6) is 0 Å². The maximum absolute atomic E-state index is 8.71. The Balaban J connectivity index is 1.81. The van der Waals surface area contributed by atoms with Crippen molar-refractivity contribution in [1.29, 1.82) is 5.26 Å². The molecule has 2 rings (SSSR count). The zero-order chi connectivity index (χ0) is 14.2. The molecule has 0 heterocycles. The summed E-state index contributed by atoms with van der Waals surface area (Å²) in [5, 5.41) is 12.0. The highest BCUT2D eigenvalue weighted by Crippen LogP contribution is 2.08. The number of nitriles is 1. The maximum Gasteiger partial charge on any atom is 0.0991 e. The van der Waals surface area contributed by atoms with Crippen molar-refractivity contribution in [2.45, 2.75) is 13.3 Å². The van der Waals surface area contributed by atoms with Gasteiger partial charge in [-0.1, -0.05) is 24.0 Å². The van der Waals surface area contributed by atoms with Crippen LogP contribution in [0.1, 0.15) is 23.1 Å². The second kappa shape index (κ2) is 7.02. The Morgan fingerprint density at radius 1 is 1.05 bits per heavy atom. The molecule has 2 nitrogen and oxygen atoms in total. The normalized spacial score (nSPS) is 9.20. The lowest BCUT2D eigenvalue weighted by molar-refractivity contribution is 1.10. The van der Waals surface area contributed by atoms with E-state index in [0.29, 0.717) is 5.56 Å². The molecule has 0 aromatic heterocycles. The van der Waals surface area contributed by atoms with E-state index in [-0.39, 0.29) is 0 Å². The van der Waals surface area contributed by atoms with Crippen LogP contribution in [0, 0.1) is 30.1 Å². The summed E-state index contributed by atoms with van der Waals surface area (Å²) in [6.07, 6.45) is 0.786. The fourth-order valence-electron chi connectivity index (χ4n) is 1.82. The number of hydrogen-bond donors (Lipinski definition) is 1. The summed E-state index contributed by atoms with van der Waals surface area (Å²) in [6, 6.07) is 17.7. The highest BCUT2D eigenvalue weighted by Gasteiger charge is 1.92. The lowest BCUT2D eigenvalue weighted by Crippen LogP contribution is -1.99. The molecule has 0 saturated carbocycles. The van der Waals surface area contributed by atoms with Crippen LogP contribution in [0.3, 0.4) is 0 Å². The van der Waals surface area contributed by atoms with Crippen LogP contribution in [0.2, 0.25) is 0 Å². The van der Waals surface area contributed by atoms with Crippen LogP contribution in [0.15, 0.2) is 48.5 Å². The van der Waals surface area contributed by atoms with E-state index in [1.165, 1.54) is 5.56 Å². The quantitative estimate of drug-likeness (QED) is 0.674. The summed E-state index contributed by atoms with van der Waals surface area (Å²) in [5.74, 6) is 6.31. The zero-order valence-corrected chi connectivity index (χ0v) is 11.5. The van der Waals surface area contributed by atoms with Gasteiger partial charge in [-0.25, -0.2) is 0 Å². The summed E-state index contributed by atoms with van der Waals surface area (Å²) in [4.78, 5) is 0. The Labute approximate surface area is 120 Å². The first-order valence-corrected chi connectivity index (χ1v) is 6.57. The van der Waals surface area contributed by atoms with Crippen molar-refractivity contribution in [3.63, 3.8) is 0 Å². The van der Waals surface area contributed by atoms with E-state index in [4.69, 9.17) is 5.26 Å². The standard InChI is InChI=1S/C18H16N2/c1-15-5-4-7-16(13-15)6-2-3-12-20-18-10-8-17(14-19)9-11-18/h4-5,7-11,13,20H,3,12H2,1H3. The van der Waals surface area contributed by atoms with Gasteiger partial charge in [0.25, 0.3) is 0 Å². The van der Waals surface area contributed by atoms with Gasteiger partial charge in [-0.05, 0) is 48.9 Å². The van der Waals surface area contributed by atoms with Gasteiger partial charge in [-0.2, -0.15) is 5.26 Å². The van der Waals surface area contributed by atoms with E-state index >= 15 is 0 Å². The number of rotatable bonds is 3. The molecule has 0 bridgehead atoms. The number of benzene rings is 2. The van der Waals surface area contributed by atoms with Crippen LogP contribution in [0.4, 0.5) is 5.69 Å². The summed E-state index contributed by atoms with van der Waals surface area (Å²) >= 11 is 0. The molecule has 20 heavy (non-hydrogen) atoms. The SMILES string of the molecule is Cc1cccc(C#CCCNc2ccc(C#N)cc2)c1. The molecule has 0 fully saturated rings. The number of aryl methyl sites for hydroxylation is 1. The molecular formula is C18H16N2. The largest absolute Gasteiger partial charge is 0.384 e. The minimum absolute atomic E-state index is 0.676. The molecule has 0 saturated heterocycles. The van der Waals surface area contributed by atoms with Gasteiger partial charge in [0.05, 0.1) is 11.6 Å². The smallest absolute Gasteiger partial charge is 0.0991 e. The molecule has 2 heteroatoms. The Bertz CT molecular complexity index is 667. The number of anilines is 1. The fraction of sp³-hybridized carbons (Fsp3) is 0.167. The summed E-state index contributed by atoms with van der Waals surface area (Å²) < 4.78 is 0. The second-order valence-corrected chi connectivity index (χ2v) is 4.54. The summed E-state index contributed by atoms with van der Waals surface area (Å²) in [6.45, 7) is 2.86. The molecular weight excluding hydrogens is 244 g/mol. The van der Waals surface area contributed by atoms with Gasteiger partial charge in [0.15, 0.2) is 0 Å². The molecule has 2 aromatic rings. The van der Waals surface area contributed by atoms with E-state index in [2.05, 4.69) is 42.3 Å². The molecule has 0 aliphatic heterocycles. The maximum atomic E-state index is 8.71. The van der Waals surface area contributed by atoms with Crippen LogP contribution in [0.25, 0.3) is 0 Å². The lowest BCUT2D eigenvalue weighted by Gasteiger charge is -2.03. The van der Waals surface area contributed by atoms with Crippen molar-refractivity contribution in [2.75, 3.05) is 11.9 Å². The molecule has 0 spiro atoms. The minimum atomic E-state index is 0.676. The van der Waals surface area contributed by atoms with Gasteiger partial charge in [-0.15, -0.1) is 0 Å². The van der Waals surface area contributed by atoms with Crippen molar-refractivity contribution in [2.24, 2.45) is 0 Å². The van der Waals surface area contributed by atoms with Crippen molar-refractivity contribution >= 4 is 5.69 Å². The molecule has 0 aliphatic carbocycles. The Morgan fingerprint density at radius 3 is 2.55 bits per heavy atom. The third-order valence-corrected chi connectivity index (χ3v) is 2.84. The van der Waals surface area contributed by atoms with Gasteiger partial charge in [0, 0.05) is 24.2 Å². The highest BCUT2D eigenvalue weighted by atomic mass is 14.9. The monoisotopic (exact) mass is 260 g/mol. The van der Waals surface area contributed by atoms with Crippen molar-refractivity contribution < 1.29 is 0 Å². The third-order valence-electron chi connectivity index (χ3n) is 2.84. The van der Waals surface area contributed by atoms with E-state index in [1.807, 2.05) is 24.3 Å². The van der Waals surface area contributed by atoms with Gasteiger partial charge in [0.2, 0.25) is 0 Å². The second-order valence-electron chi connectivity index (χ2n) is 4.54. The van der Waals surface area contributed by atoms with E-state index in [0.717, 1.165) is 24.2 Å². The van der Waals surface area contributed by atoms with Gasteiger partial charge < -0.3 is 5.32 Å².